The summed E-state index contributed by atoms with van der Waals surface area (Å²) in [4.78, 5) is 32.9. The average molecular weight is 478 g/mol. The number of fused-ring (bicyclic) bond motifs is 1. The first-order valence-corrected chi connectivity index (χ1v) is 13.0. The van der Waals surface area contributed by atoms with Crippen LogP contribution in [0.2, 0.25) is 0 Å². The van der Waals surface area contributed by atoms with Crippen molar-refractivity contribution in [3.05, 3.63) is 42.0 Å². The Morgan fingerprint density at radius 3 is 2.41 bits per heavy atom. The molecule has 32 heavy (non-hydrogen) atoms. The lowest BCUT2D eigenvalue weighted by Crippen LogP contribution is -2.18. The van der Waals surface area contributed by atoms with Crippen molar-refractivity contribution in [1.82, 2.24) is 19.5 Å². The maximum absolute atomic E-state index is 11.6. The SMILES string of the molecule is CC(C)n1cnc2c(Nc3ccc(C(O)([PH+]=O)P(=O)(O)O)cc3)nc(C3CCCC3)nc21. The van der Waals surface area contributed by atoms with E-state index in [-0.39, 0.29) is 11.6 Å². The molecule has 12 heteroatoms. The van der Waals surface area contributed by atoms with Crippen molar-refractivity contribution >= 4 is 38.7 Å². The summed E-state index contributed by atoms with van der Waals surface area (Å²) < 4.78 is 25.0. The molecule has 0 bridgehead atoms. The number of nitrogens with one attached hydrogen (secondary N) is 1. The number of anilines is 2. The van der Waals surface area contributed by atoms with Crippen LogP contribution in [0, 0.1) is 0 Å². The van der Waals surface area contributed by atoms with Gasteiger partial charge in [0.2, 0.25) is 0 Å². The predicted octanol–water partition coefficient (Wildman–Crippen LogP) is 4.11. The van der Waals surface area contributed by atoms with Crippen LogP contribution in [0.15, 0.2) is 30.6 Å². The molecule has 2 aromatic heterocycles. The van der Waals surface area contributed by atoms with Crippen LogP contribution in [0.25, 0.3) is 11.2 Å². The molecular formula is C20H26N5O5P2+. The van der Waals surface area contributed by atoms with Gasteiger partial charge in [-0.15, -0.1) is 0 Å². The van der Waals surface area contributed by atoms with Crippen LogP contribution in [-0.4, -0.2) is 34.4 Å². The molecule has 1 saturated carbocycles. The molecule has 1 aromatic carbocycles. The second-order valence-corrected chi connectivity index (χ2v) is 11.4. The molecule has 2 atom stereocenters. The summed E-state index contributed by atoms with van der Waals surface area (Å²) in [6.45, 7) is 4.12. The molecule has 3 aromatic rings. The van der Waals surface area contributed by atoms with Gasteiger partial charge >= 0.3 is 21.1 Å². The fourth-order valence-electron chi connectivity index (χ4n) is 3.97. The first-order chi connectivity index (χ1) is 15.1. The Morgan fingerprint density at radius 2 is 1.84 bits per heavy atom. The molecule has 170 valence electrons. The largest absolute Gasteiger partial charge is 0.412 e. The second-order valence-electron chi connectivity index (χ2n) is 8.35. The molecule has 1 aliphatic carbocycles. The molecular weight excluding hydrogens is 452 g/mol. The van der Waals surface area contributed by atoms with Crippen molar-refractivity contribution in [1.29, 1.82) is 0 Å². The van der Waals surface area contributed by atoms with Gasteiger partial charge in [-0.2, -0.15) is 0 Å². The van der Waals surface area contributed by atoms with Crippen molar-refractivity contribution < 1.29 is 24.0 Å². The smallest absolute Gasteiger partial charge is 0.338 e. The number of nitrogens with zero attached hydrogens (tertiary/aromatic N) is 4. The summed E-state index contributed by atoms with van der Waals surface area (Å²) in [5.41, 5.74) is 1.82. The molecule has 0 amide bonds. The number of benzene rings is 1. The van der Waals surface area contributed by atoms with Crippen LogP contribution in [0.1, 0.15) is 62.9 Å². The van der Waals surface area contributed by atoms with Gasteiger partial charge in [-0.05, 0) is 51.0 Å². The van der Waals surface area contributed by atoms with Gasteiger partial charge in [-0.3, -0.25) is 4.57 Å². The highest BCUT2D eigenvalue weighted by atomic mass is 31.2. The molecule has 0 saturated heterocycles. The standard InChI is InChI=1S/C20H25N5O5P2/c1-12(2)25-11-21-16-18(23-17(24-19(16)25)13-5-3-4-6-13)22-15-9-7-14(8-10-15)20(26,31-27)32(28,29)30/h7-13,26H,3-6H2,1-2H3,(H,22,23,24)(H2,28,29,30)/p+1. The molecule has 0 aliphatic heterocycles. The minimum atomic E-state index is -5.05. The summed E-state index contributed by atoms with van der Waals surface area (Å²) in [6.07, 6.45) is 6.15. The van der Waals surface area contributed by atoms with E-state index >= 15 is 0 Å². The minimum absolute atomic E-state index is 0.131. The highest BCUT2D eigenvalue weighted by Crippen LogP contribution is 2.61. The Bertz CT molecular complexity index is 1190. The van der Waals surface area contributed by atoms with Crippen LogP contribution in [-0.2, 0) is 14.2 Å². The summed E-state index contributed by atoms with van der Waals surface area (Å²) in [6, 6.07) is 5.92. The van der Waals surface area contributed by atoms with Gasteiger partial charge in [-0.1, -0.05) is 17.4 Å². The molecule has 10 nitrogen and oxygen atoms in total. The summed E-state index contributed by atoms with van der Waals surface area (Å²) >= 11 is 0. The molecule has 4 rings (SSSR count). The minimum Gasteiger partial charge on any atom is -0.338 e. The van der Waals surface area contributed by atoms with Crippen LogP contribution in [0.5, 0.6) is 0 Å². The Kier molecular flexibility index (Phi) is 6.18. The van der Waals surface area contributed by atoms with Crippen molar-refractivity contribution in [2.45, 2.75) is 56.6 Å². The van der Waals surface area contributed by atoms with E-state index in [1.54, 1.807) is 18.5 Å². The highest BCUT2D eigenvalue weighted by molar-refractivity contribution is 7.62. The number of rotatable bonds is 7. The molecule has 0 spiro atoms. The van der Waals surface area contributed by atoms with Gasteiger partial charge < -0.3 is 24.8 Å². The van der Waals surface area contributed by atoms with E-state index in [1.807, 2.05) is 4.57 Å². The number of imidazole rings is 1. The Hall–Kier alpha value is -2.22. The van der Waals surface area contributed by atoms with Gasteiger partial charge in [-0.25, -0.2) is 15.0 Å². The maximum Gasteiger partial charge on any atom is 0.412 e. The zero-order valence-electron chi connectivity index (χ0n) is 17.8. The number of aromatic nitrogens is 4. The van der Waals surface area contributed by atoms with E-state index in [2.05, 4.69) is 24.1 Å². The van der Waals surface area contributed by atoms with E-state index in [0.29, 0.717) is 22.9 Å². The third-order valence-electron chi connectivity index (χ3n) is 5.83. The Balaban J connectivity index is 1.72. The van der Waals surface area contributed by atoms with Gasteiger partial charge in [0.25, 0.3) is 0 Å². The first kappa shape index (κ1) is 23.0. The van der Waals surface area contributed by atoms with Crippen LogP contribution in [0.3, 0.4) is 0 Å². The molecule has 1 aliphatic rings. The number of hydrogen-bond acceptors (Lipinski definition) is 7. The van der Waals surface area contributed by atoms with Crippen LogP contribution in [0.4, 0.5) is 11.5 Å². The zero-order valence-corrected chi connectivity index (χ0v) is 19.7. The lowest BCUT2D eigenvalue weighted by molar-refractivity contribution is 0.168. The van der Waals surface area contributed by atoms with Gasteiger partial charge in [0.15, 0.2) is 17.0 Å². The first-order valence-electron chi connectivity index (χ1n) is 10.4. The third-order valence-corrected chi connectivity index (χ3v) is 8.65. The van der Waals surface area contributed by atoms with Crippen LogP contribution < -0.4 is 5.32 Å². The zero-order chi connectivity index (χ0) is 23.1. The normalized spacial score (nSPS) is 17.3. The Labute approximate surface area is 186 Å². The van der Waals surface area contributed by atoms with Gasteiger partial charge in [0, 0.05) is 23.2 Å². The second kappa shape index (κ2) is 8.61. The monoisotopic (exact) mass is 478 g/mol. The van der Waals surface area contributed by atoms with E-state index in [4.69, 9.17) is 9.97 Å². The lowest BCUT2D eigenvalue weighted by Gasteiger charge is -2.17. The number of hydrogen-bond donors (Lipinski definition) is 4. The molecule has 1 fully saturated rings. The van der Waals surface area contributed by atoms with Gasteiger partial charge in [0.05, 0.1) is 6.33 Å². The number of aliphatic hydroxyl groups is 1. The maximum atomic E-state index is 11.6. The summed E-state index contributed by atoms with van der Waals surface area (Å²) in [5.74, 6) is 1.62. The highest BCUT2D eigenvalue weighted by Gasteiger charge is 2.56. The average Bonchev–Trinajstić information content (AvgIpc) is 3.43. The van der Waals surface area contributed by atoms with E-state index in [0.717, 1.165) is 37.2 Å². The lowest BCUT2D eigenvalue weighted by atomic mass is 10.1. The van der Waals surface area contributed by atoms with Crippen molar-refractivity contribution in [3.8, 4) is 0 Å². The third kappa shape index (κ3) is 4.09. The van der Waals surface area contributed by atoms with Crippen molar-refractivity contribution in [3.63, 3.8) is 0 Å². The van der Waals surface area contributed by atoms with E-state index in [1.165, 1.54) is 12.1 Å². The Morgan fingerprint density at radius 1 is 1.19 bits per heavy atom. The summed E-state index contributed by atoms with van der Waals surface area (Å²) in [5, 5.41) is 10.7. The van der Waals surface area contributed by atoms with Gasteiger partial charge in [0.1, 0.15) is 5.82 Å². The molecule has 0 radical (unpaired) electrons. The van der Waals surface area contributed by atoms with E-state index in [9.17, 15) is 24.0 Å². The molecule has 2 heterocycles. The molecule has 4 N–H and O–H groups in total. The topological polar surface area (TPSA) is 150 Å². The van der Waals surface area contributed by atoms with Crippen LogP contribution >= 0.6 is 16.1 Å². The fraction of sp³-hybridized carbons (Fsp3) is 0.450. The fourth-order valence-corrected chi connectivity index (χ4v) is 5.22. The predicted molar refractivity (Wildman–Crippen MR) is 122 cm³/mol. The van der Waals surface area contributed by atoms with E-state index < -0.39 is 21.1 Å². The van der Waals surface area contributed by atoms with Crippen molar-refractivity contribution in [2.24, 2.45) is 0 Å². The quantitative estimate of drug-likeness (QED) is 0.368. The molecule has 2 unspecified atom stereocenters. The summed E-state index contributed by atoms with van der Waals surface area (Å²) in [7, 11) is -6.67. The van der Waals surface area contributed by atoms with Crippen molar-refractivity contribution in [2.75, 3.05) is 5.32 Å².